The molecule has 20 heavy (non-hydrogen) atoms. The zero-order chi connectivity index (χ0) is 14.8. The van der Waals surface area contributed by atoms with E-state index < -0.39 is 0 Å². The Morgan fingerprint density at radius 1 is 1.30 bits per heavy atom. The van der Waals surface area contributed by atoms with E-state index in [1.54, 1.807) is 18.9 Å². The fourth-order valence-electron chi connectivity index (χ4n) is 1.73. The van der Waals surface area contributed by atoms with Gasteiger partial charge in [0.2, 0.25) is 0 Å². The maximum absolute atomic E-state index is 11.2. The van der Waals surface area contributed by atoms with Crippen molar-refractivity contribution in [3.8, 4) is 5.75 Å². The first-order valence-electron chi connectivity index (χ1n) is 6.89. The van der Waals surface area contributed by atoms with Crippen molar-refractivity contribution in [2.24, 2.45) is 0 Å². The third-order valence-corrected chi connectivity index (χ3v) is 3.97. The number of thioether (sulfide) groups is 1. The van der Waals surface area contributed by atoms with E-state index in [4.69, 9.17) is 15.2 Å². The fourth-order valence-corrected chi connectivity index (χ4v) is 2.73. The summed E-state index contributed by atoms with van der Waals surface area (Å²) in [5.41, 5.74) is 6.70. The molecular weight excluding hydrogens is 274 g/mol. The van der Waals surface area contributed by atoms with Crippen molar-refractivity contribution in [1.29, 1.82) is 0 Å². The Morgan fingerprint density at radius 2 is 2.10 bits per heavy atom. The van der Waals surface area contributed by atoms with Crippen LogP contribution >= 0.6 is 11.8 Å². The average molecular weight is 297 g/mol. The maximum Gasteiger partial charge on any atom is 0.305 e. The fraction of sp³-hybridized carbons (Fsp3) is 0.533. The number of nitrogen functional groups attached to an aromatic ring is 1. The normalized spacial score (nSPS) is 10.3. The summed E-state index contributed by atoms with van der Waals surface area (Å²) in [6.45, 7) is 2.29. The molecule has 4 nitrogen and oxygen atoms in total. The molecule has 0 saturated heterocycles. The van der Waals surface area contributed by atoms with Crippen LogP contribution < -0.4 is 10.5 Å². The molecule has 1 aromatic carbocycles. The van der Waals surface area contributed by atoms with E-state index in [0.29, 0.717) is 13.0 Å². The Labute approximate surface area is 125 Å². The number of hydrogen-bond acceptors (Lipinski definition) is 5. The third kappa shape index (κ3) is 6.19. The highest BCUT2D eigenvalue weighted by Crippen LogP contribution is 2.29. The lowest BCUT2D eigenvalue weighted by Gasteiger charge is -2.07. The van der Waals surface area contributed by atoms with Crippen molar-refractivity contribution < 1.29 is 14.3 Å². The molecule has 0 fully saturated rings. The van der Waals surface area contributed by atoms with E-state index in [0.717, 1.165) is 41.3 Å². The van der Waals surface area contributed by atoms with Crippen molar-refractivity contribution >= 4 is 23.4 Å². The van der Waals surface area contributed by atoms with E-state index in [-0.39, 0.29) is 5.97 Å². The lowest BCUT2D eigenvalue weighted by molar-refractivity contribution is -0.143. The van der Waals surface area contributed by atoms with E-state index in [1.165, 1.54) is 0 Å². The lowest BCUT2D eigenvalue weighted by Crippen LogP contribution is -2.03. The smallest absolute Gasteiger partial charge is 0.305 e. The summed E-state index contributed by atoms with van der Waals surface area (Å²) in [7, 11) is 1.65. The van der Waals surface area contributed by atoms with Crippen LogP contribution in [0.5, 0.6) is 5.75 Å². The molecule has 112 valence electrons. The molecule has 1 rings (SSSR count). The van der Waals surface area contributed by atoms with Crippen LogP contribution in [0.25, 0.3) is 0 Å². The van der Waals surface area contributed by atoms with Crippen molar-refractivity contribution in [2.75, 3.05) is 25.2 Å². The van der Waals surface area contributed by atoms with Crippen LogP contribution in [0.4, 0.5) is 5.69 Å². The summed E-state index contributed by atoms with van der Waals surface area (Å²) in [5, 5.41) is 0. The van der Waals surface area contributed by atoms with Crippen molar-refractivity contribution in [1.82, 2.24) is 0 Å². The molecule has 0 aliphatic rings. The van der Waals surface area contributed by atoms with E-state index in [1.807, 2.05) is 25.1 Å². The molecule has 1 aromatic rings. The van der Waals surface area contributed by atoms with Crippen molar-refractivity contribution in [3.63, 3.8) is 0 Å². The van der Waals surface area contributed by atoms with Gasteiger partial charge in [0.25, 0.3) is 0 Å². The first kappa shape index (κ1) is 16.7. The molecule has 5 heteroatoms. The van der Waals surface area contributed by atoms with Gasteiger partial charge in [-0.15, -0.1) is 11.8 Å². The summed E-state index contributed by atoms with van der Waals surface area (Å²) < 4.78 is 10.1. The summed E-state index contributed by atoms with van der Waals surface area (Å²) in [6.07, 6.45) is 3.48. The summed E-state index contributed by atoms with van der Waals surface area (Å²) >= 11 is 1.72. The lowest BCUT2D eigenvalue weighted by atomic mass is 10.2. The molecule has 0 bridgehead atoms. The standard InChI is InChI=1S/C15H23NO3S/c1-3-19-15(17)7-5-4-6-10-20-14-11-12(18-2)8-9-13(14)16/h8-9,11H,3-7,10,16H2,1-2H3. The predicted molar refractivity (Wildman–Crippen MR) is 83.2 cm³/mol. The highest BCUT2D eigenvalue weighted by molar-refractivity contribution is 7.99. The molecule has 0 aliphatic heterocycles. The number of benzene rings is 1. The van der Waals surface area contributed by atoms with Gasteiger partial charge in [-0.2, -0.15) is 0 Å². The molecule has 0 atom stereocenters. The number of carbonyl (C=O) groups is 1. The molecule has 0 radical (unpaired) electrons. The number of methoxy groups -OCH3 is 1. The van der Waals surface area contributed by atoms with Gasteiger partial charge in [0.05, 0.1) is 13.7 Å². The number of unbranched alkanes of at least 4 members (excludes halogenated alkanes) is 2. The molecule has 0 unspecified atom stereocenters. The van der Waals surface area contributed by atoms with E-state index in [9.17, 15) is 4.79 Å². The first-order valence-corrected chi connectivity index (χ1v) is 7.88. The minimum absolute atomic E-state index is 0.0998. The van der Waals surface area contributed by atoms with Crippen LogP contribution in [0, 0.1) is 0 Å². The van der Waals surface area contributed by atoms with Gasteiger partial charge in [-0.05, 0) is 43.7 Å². The average Bonchev–Trinajstić information content (AvgIpc) is 2.44. The molecular formula is C15H23NO3S. The second-order valence-corrected chi connectivity index (χ2v) is 5.50. The largest absolute Gasteiger partial charge is 0.497 e. The molecule has 0 saturated carbocycles. The number of ether oxygens (including phenoxy) is 2. The first-order chi connectivity index (χ1) is 9.67. The van der Waals surface area contributed by atoms with Crippen LogP contribution in [0.2, 0.25) is 0 Å². The molecule has 0 aliphatic carbocycles. The Bertz CT molecular complexity index is 424. The molecule has 0 heterocycles. The van der Waals surface area contributed by atoms with Crippen LogP contribution in [-0.2, 0) is 9.53 Å². The topological polar surface area (TPSA) is 61.5 Å². The monoisotopic (exact) mass is 297 g/mol. The van der Waals surface area contributed by atoms with Gasteiger partial charge in [-0.1, -0.05) is 6.42 Å². The molecule has 0 amide bonds. The SMILES string of the molecule is CCOC(=O)CCCCCSc1cc(OC)ccc1N. The number of nitrogens with two attached hydrogens (primary N) is 1. The summed E-state index contributed by atoms with van der Waals surface area (Å²) in [6, 6.07) is 5.68. The molecule has 0 spiro atoms. The van der Waals surface area contributed by atoms with Gasteiger partial charge in [0, 0.05) is 17.0 Å². The number of esters is 1. The molecule has 2 N–H and O–H groups in total. The summed E-state index contributed by atoms with van der Waals surface area (Å²) in [4.78, 5) is 12.2. The van der Waals surface area contributed by atoms with Gasteiger partial charge in [-0.25, -0.2) is 0 Å². The Hall–Kier alpha value is -1.36. The molecule has 0 aromatic heterocycles. The quantitative estimate of drug-likeness (QED) is 0.327. The van der Waals surface area contributed by atoms with E-state index >= 15 is 0 Å². The number of rotatable bonds is 9. The number of hydrogen-bond donors (Lipinski definition) is 1. The third-order valence-electron chi connectivity index (χ3n) is 2.81. The Morgan fingerprint density at radius 3 is 2.80 bits per heavy atom. The zero-order valence-corrected chi connectivity index (χ0v) is 13.0. The van der Waals surface area contributed by atoms with Gasteiger partial charge in [-0.3, -0.25) is 4.79 Å². The Balaban J connectivity index is 2.19. The maximum atomic E-state index is 11.2. The van der Waals surface area contributed by atoms with Crippen LogP contribution in [0.3, 0.4) is 0 Å². The van der Waals surface area contributed by atoms with Crippen LogP contribution in [-0.4, -0.2) is 25.4 Å². The van der Waals surface area contributed by atoms with E-state index in [2.05, 4.69) is 0 Å². The minimum Gasteiger partial charge on any atom is -0.497 e. The Kier molecular flexibility index (Phi) is 7.95. The highest BCUT2D eigenvalue weighted by atomic mass is 32.2. The zero-order valence-electron chi connectivity index (χ0n) is 12.2. The minimum atomic E-state index is -0.0998. The van der Waals surface area contributed by atoms with Gasteiger partial charge in [0.1, 0.15) is 5.75 Å². The van der Waals surface area contributed by atoms with Gasteiger partial charge in [0.15, 0.2) is 0 Å². The summed E-state index contributed by atoms with van der Waals surface area (Å²) in [5.74, 6) is 1.71. The van der Waals surface area contributed by atoms with Gasteiger partial charge >= 0.3 is 5.97 Å². The number of anilines is 1. The van der Waals surface area contributed by atoms with Crippen LogP contribution in [0.15, 0.2) is 23.1 Å². The van der Waals surface area contributed by atoms with Gasteiger partial charge < -0.3 is 15.2 Å². The number of carbonyl (C=O) groups excluding carboxylic acids is 1. The predicted octanol–water partition coefficient (Wildman–Crippen LogP) is 3.49. The van der Waals surface area contributed by atoms with Crippen LogP contribution in [0.1, 0.15) is 32.6 Å². The van der Waals surface area contributed by atoms with Crippen molar-refractivity contribution in [2.45, 2.75) is 37.5 Å². The second kappa shape index (κ2) is 9.53. The van der Waals surface area contributed by atoms with Crippen molar-refractivity contribution in [3.05, 3.63) is 18.2 Å². The second-order valence-electron chi connectivity index (χ2n) is 4.37. The highest BCUT2D eigenvalue weighted by Gasteiger charge is 2.03.